The minimum Gasteiger partial charge on any atom is -0.482 e. The lowest BCUT2D eigenvalue weighted by atomic mass is 9.96. The average molecular weight is 468 g/mol. The molecule has 0 aliphatic carbocycles. The number of carbonyl (C=O) groups is 2. The van der Waals surface area contributed by atoms with E-state index in [0.717, 1.165) is 42.8 Å². The molecule has 0 spiro atoms. The van der Waals surface area contributed by atoms with Crippen LogP contribution in [0, 0.1) is 6.92 Å². The van der Waals surface area contributed by atoms with Crippen molar-refractivity contribution in [1.82, 2.24) is 10.2 Å². The van der Waals surface area contributed by atoms with Gasteiger partial charge in [0, 0.05) is 29.7 Å². The van der Waals surface area contributed by atoms with E-state index in [2.05, 4.69) is 34.2 Å². The third kappa shape index (κ3) is 5.95. The lowest BCUT2D eigenvalue weighted by Crippen LogP contribution is -2.50. The molecule has 33 heavy (non-hydrogen) atoms. The summed E-state index contributed by atoms with van der Waals surface area (Å²) >= 11 is 6.01. The maximum Gasteiger partial charge on any atom is 0.258 e. The summed E-state index contributed by atoms with van der Waals surface area (Å²) in [5, 5.41) is 6.64. The van der Waals surface area contributed by atoms with E-state index in [-0.39, 0.29) is 24.5 Å². The Morgan fingerprint density at radius 3 is 2.52 bits per heavy atom. The highest BCUT2D eigenvalue weighted by atomic mass is 35.5. The number of rotatable bonds is 8. The van der Waals surface area contributed by atoms with Gasteiger partial charge in [-0.05, 0) is 74.1 Å². The van der Waals surface area contributed by atoms with E-state index in [1.54, 1.807) is 6.07 Å². The van der Waals surface area contributed by atoms with Crippen molar-refractivity contribution in [3.63, 3.8) is 0 Å². The number of nitrogens with zero attached hydrogens (tertiary/aromatic N) is 1. The van der Waals surface area contributed by atoms with Crippen LogP contribution in [-0.4, -0.2) is 41.4 Å². The van der Waals surface area contributed by atoms with Crippen LogP contribution in [0.3, 0.4) is 0 Å². The molecule has 2 fully saturated rings. The predicted molar refractivity (Wildman–Crippen MR) is 130 cm³/mol. The van der Waals surface area contributed by atoms with E-state index in [1.165, 1.54) is 11.6 Å². The van der Waals surface area contributed by atoms with Crippen molar-refractivity contribution < 1.29 is 14.3 Å². The Hall–Kier alpha value is -2.83. The summed E-state index contributed by atoms with van der Waals surface area (Å²) in [6, 6.07) is 14.6. The first kappa shape index (κ1) is 23.3. The lowest BCUT2D eigenvalue weighted by molar-refractivity contribution is -0.124. The number of benzene rings is 2. The van der Waals surface area contributed by atoms with E-state index in [4.69, 9.17) is 16.3 Å². The van der Waals surface area contributed by atoms with Gasteiger partial charge >= 0.3 is 0 Å². The smallest absolute Gasteiger partial charge is 0.258 e. The second kappa shape index (κ2) is 10.4. The molecule has 2 aliphatic rings. The summed E-state index contributed by atoms with van der Waals surface area (Å²) in [5.74, 6) is -0.00772. The number of anilines is 1. The SMILES string of the molecule is C=CC(=O)Nc1cc(C)ccc1OCC(=O)NC1CC2CCC(C1)N2Cc1ccc(Cl)cc1. The molecule has 0 radical (unpaired) electrons. The first-order valence-electron chi connectivity index (χ1n) is 11.4. The Bertz CT molecular complexity index is 1010. The van der Waals surface area contributed by atoms with Crippen LogP contribution in [0.25, 0.3) is 0 Å². The summed E-state index contributed by atoms with van der Waals surface area (Å²) < 4.78 is 5.74. The predicted octanol–water partition coefficient (Wildman–Crippen LogP) is 4.46. The topological polar surface area (TPSA) is 70.7 Å². The number of ether oxygens (including phenoxy) is 1. The van der Waals surface area contributed by atoms with Gasteiger partial charge in [0.15, 0.2) is 6.61 Å². The molecule has 7 heteroatoms. The zero-order valence-corrected chi connectivity index (χ0v) is 19.6. The van der Waals surface area contributed by atoms with Crippen LogP contribution in [0.5, 0.6) is 5.75 Å². The average Bonchev–Trinajstić information content (AvgIpc) is 3.02. The largest absolute Gasteiger partial charge is 0.482 e. The Labute approximate surface area is 199 Å². The van der Waals surface area contributed by atoms with Gasteiger partial charge < -0.3 is 15.4 Å². The minimum atomic E-state index is -0.323. The normalized spacial score (nSPS) is 21.9. The van der Waals surface area contributed by atoms with Crippen molar-refractivity contribution in [3.8, 4) is 5.75 Å². The molecule has 2 amide bonds. The summed E-state index contributed by atoms with van der Waals surface area (Å²) in [7, 11) is 0. The van der Waals surface area contributed by atoms with Crippen molar-refractivity contribution in [2.24, 2.45) is 0 Å². The first-order chi connectivity index (χ1) is 15.9. The molecule has 2 unspecified atom stereocenters. The molecule has 2 N–H and O–H groups in total. The summed E-state index contributed by atoms with van der Waals surface area (Å²) in [4.78, 5) is 26.9. The fourth-order valence-electron chi connectivity index (χ4n) is 4.91. The fourth-order valence-corrected chi connectivity index (χ4v) is 5.04. The number of aryl methyl sites for hydroxylation is 1. The Kier molecular flexibility index (Phi) is 7.36. The van der Waals surface area contributed by atoms with Crippen molar-refractivity contribution >= 4 is 29.1 Å². The van der Waals surface area contributed by atoms with Gasteiger partial charge in [-0.15, -0.1) is 0 Å². The maximum atomic E-state index is 12.6. The van der Waals surface area contributed by atoms with Gasteiger partial charge in [0.2, 0.25) is 5.91 Å². The van der Waals surface area contributed by atoms with Crippen molar-refractivity contribution in [3.05, 3.63) is 71.3 Å². The zero-order valence-electron chi connectivity index (χ0n) is 18.9. The molecule has 2 saturated heterocycles. The molecule has 6 nitrogen and oxygen atoms in total. The van der Waals surface area contributed by atoms with Gasteiger partial charge in [0.25, 0.3) is 5.91 Å². The van der Waals surface area contributed by atoms with Crippen LogP contribution in [0.15, 0.2) is 55.1 Å². The molecule has 2 atom stereocenters. The molecule has 4 rings (SSSR count). The van der Waals surface area contributed by atoms with Crippen LogP contribution in [-0.2, 0) is 16.1 Å². The van der Waals surface area contributed by atoms with Crippen LogP contribution in [0.4, 0.5) is 5.69 Å². The maximum absolute atomic E-state index is 12.6. The van der Waals surface area contributed by atoms with E-state index in [0.29, 0.717) is 23.5 Å². The Morgan fingerprint density at radius 1 is 1.15 bits per heavy atom. The van der Waals surface area contributed by atoms with Crippen molar-refractivity contribution in [1.29, 1.82) is 0 Å². The molecule has 2 aromatic rings. The third-order valence-electron chi connectivity index (χ3n) is 6.46. The second-order valence-corrected chi connectivity index (χ2v) is 9.34. The third-order valence-corrected chi connectivity index (χ3v) is 6.72. The second-order valence-electron chi connectivity index (χ2n) is 8.90. The van der Waals surface area contributed by atoms with Crippen LogP contribution in [0.2, 0.25) is 5.02 Å². The summed E-state index contributed by atoms with van der Waals surface area (Å²) in [6.45, 7) is 6.22. The Balaban J connectivity index is 1.29. The highest BCUT2D eigenvalue weighted by molar-refractivity contribution is 6.30. The number of amides is 2. The molecule has 2 aliphatic heterocycles. The standard InChI is InChI=1S/C26H30ClN3O3/c1-3-25(31)29-23-12-17(2)4-11-24(23)33-16-26(32)28-20-13-21-9-10-22(14-20)30(21)15-18-5-7-19(27)8-6-18/h3-8,11-12,20-22H,1,9-10,13-16H2,2H3,(H,28,32)(H,29,31). The van der Waals surface area contributed by atoms with Crippen molar-refractivity contribution in [2.45, 2.75) is 57.3 Å². The van der Waals surface area contributed by atoms with Crippen LogP contribution in [0.1, 0.15) is 36.8 Å². The summed E-state index contributed by atoms with van der Waals surface area (Å²) in [6.07, 6.45) is 5.42. The molecule has 2 bridgehead atoms. The number of nitrogens with one attached hydrogen (secondary N) is 2. The van der Waals surface area contributed by atoms with Crippen LogP contribution < -0.4 is 15.4 Å². The highest BCUT2D eigenvalue weighted by Gasteiger charge is 2.40. The number of hydrogen-bond acceptors (Lipinski definition) is 4. The van der Waals surface area contributed by atoms with Gasteiger partial charge in [-0.25, -0.2) is 0 Å². The monoisotopic (exact) mass is 467 g/mol. The number of halogens is 1. The van der Waals surface area contributed by atoms with Gasteiger partial charge in [0.05, 0.1) is 5.69 Å². The van der Waals surface area contributed by atoms with E-state index in [1.807, 2.05) is 31.2 Å². The first-order valence-corrected chi connectivity index (χ1v) is 11.8. The molecule has 2 heterocycles. The molecule has 174 valence electrons. The fraction of sp³-hybridized carbons (Fsp3) is 0.385. The summed E-state index contributed by atoms with van der Waals surface area (Å²) in [5.41, 5.74) is 2.78. The number of carbonyl (C=O) groups excluding carboxylic acids is 2. The van der Waals surface area contributed by atoms with E-state index in [9.17, 15) is 9.59 Å². The molecule has 2 aromatic carbocycles. The van der Waals surface area contributed by atoms with E-state index >= 15 is 0 Å². The minimum absolute atomic E-state index is 0.0969. The van der Waals surface area contributed by atoms with E-state index < -0.39 is 0 Å². The number of fused-ring (bicyclic) bond motifs is 2. The van der Waals surface area contributed by atoms with Crippen LogP contribution >= 0.6 is 11.6 Å². The number of hydrogen-bond donors (Lipinski definition) is 2. The molecule has 0 aromatic heterocycles. The van der Waals surface area contributed by atoms with Gasteiger partial charge in [0.1, 0.15) is 5.75 Å². The van der Waals surface area contributed by atoms with Gasteiger partial charge in [-0.3, -0.25) is 14.5 Å². The molecule has 0 saturated carbocycles. The Morgan fingerprint density at radius 2 is 1.85 bits per heavy atom. The number of piperidine rings is 1. The molecular weight excluding hydrogens is 438 g/mol. The zero-order chi connectivity index (χ0) is 23.4. The molecular formula is C26H30ClN3O3. The quantitative estimate of drug-likeness (QED) is 0.562. The lowest BCUT2D eigenvalue weighted by Gasteiger charge is -2.39. The van der Waals surface area contributed by atoms with Gasteiger partial charge in [-0.2, -0.15) is 0 Å². The van der Waals surface area contributed by atoms with Crippen molar-refractivity contribution in [2.75, 3.05) is 11.9 Å². The highest BCUT2D eigenvalue weighted by Crippen LogP contribution is 2.37. The van der Waals surface area contributed by atoms with Gasteiger partial charge in [-0.1, -0.05) is 36.4 Å².